The lowest BCUT2D eigenvalue weighted by atomic mass is 10.2. The first kappa shape index (κ1) is 16.2. The molecular weight excluding hydrogens is 320 g/mol. The van der Waals surface area contributed by atoms with Gasteiger partial charge in [0.25, 0.3) is 0 Å². The second-order valence-electron chi connectivity index (χ2n) is 5.86. The molecule has 0 saturated carbocycles. The summed E-state index contributed by atoms with van der Waals surface area (Å²) in [6.45, 7) is 3.62. The van der Waals surface area contributed by atoms with Gasteiger partial charge in [-0.2, -0.15) is 0 Å². The SMILES string of the molecule is Cc1nc(CN2C[C@@H](F)C[C@H]2CN(C)c2ncc(F)cn2)cs1. The average molecular weight is 339 g/mol. The molecule has 1 aliphatic heterocycles. The minimum Gasteiger partial charge on any atom is -0.342 e. The van der Waals surface area contributed by atoms with Crippen LogP contribution in [-0.2, 0) is 6.54 Å². The minimum atomic E-state index is -0.831. The van der Waals surface area contributed by atoms with E-state index in [-0.39, 0.29) is 6.04 Å². The van der Waals surface area contributed by atoms with Crippen molar-refractivity contribution >= 4 is 17.3 Å². The lowest BCUT2D eigenvalue weighted by Crippen LogP contribution is -2.39. The first-order valence-electron chi connectivity index (χ1n) is 7.49. The minimum absolute atomic E-state index is 0.0608. The van der Waals surface area contributed by atoms with Crippen LogP contribution < -0.4 is 4.90 Å². The Morgan fingerprint density at radius 2 is 2.13 bits per heavy atom. The smallest absolute Gasteiger partial charge is 0.225 e. The van der Waals surface area contributed by atoms with Gasteiger partial charge in [-0.05, 0) is 13.3 Å². The predicted octanol–water partition coefficient (Wildman–Crippen LogP) is 2.43. The second-order valence-corrected chi connectivity index (χ2v) is 6.92. The van der Waals surface area contributed by atoms with E-state index in [1.165, 1.54) is 0 Å². The van der Waals surface area contributed by atoms with E-state index in [0.29, 0.717) is 32.0 Å². The van der Waals surface area contributed by atoms with Gasteiger partial charge < -0.3 is 4.90 Å². The van der Waals surface area contributed by atoms with Gasteiger partial charge in [0.15, 0.2) is 5.82 Å². The van der Waals surface area contributed by atoms with Crippen LogP contribution >= 0.6 is 11.3 Å². The van der Waals surface area contributed by atoms with Crippen molar-refractivity contribution in [3.8, 4) is 0 Å². The summed E-state index contributed by atoms with van der Waals surface area (Å²) in [6, 6.07) is 0.0608. The zero-order valence-electron chi connectivity index (χ0n) is 13.1. The van der Waals surface area contributed by atoms with Crippen molar-refractivity contribution in [1.82, 2.24) is 19.9 Å². The maximum absolute atomic E-state index is 13.9. The van der Waals surface area contributed by atoms with Crippen LogP contribution in [0.25, 0.3) is 0 Å². The standard InChI is InChI=1S/C15H19F2N5S/c1-10-20-13(9-23-10)7-22-6-11(16)3-14(22)8-21(2)15-18-4-12(17)5-19-15/h4-5,9,11,14H,3,6-8H2,1-2H3/t11-,14-/m0/s1. The molecule has 5 nitrogen and oxygen atoms in total. The van der Waals surface area contributed by atoms with E-state index in [1.54, 1.807) is 11.3 Å². The number of halogens is 2. The molecule has 0 spiro atoms. The Morgan fingerprint density at radius 3 is 2.78 bits per heavy atom. The lowest BCUT2D eigenvalue weighted by Gasteiger charge is -2.27. The molecule has 1 fully saturated rings. The van der Waals surface area contributed by atoms with E-state index in [2.05, 4.69) is 19.9 Å². The fourth-order valence-electron chi connectivity index (χ4n) is 2.90. The molecule has 124 valence electrons. The van der Waals surface area contributed by atoms with Gasteiger partial charge in [0, 0.05) is 38.1 Å². The van der Waals surface area contributed by atoms with Crippen molar-refractivity contribution in [1.29, 1.82) is 0 Å². The van der Waals surface area contributed by atoms with Gasteiger partial charge in [0.05, 0.1) is 23.1 Å². The number of thiazole rings is 1. The number of likely N-dealkylation sites (N-methyl/N-ethyl adjacent to an activating group) is 1. The number of anilines is 1. The largest absolute Gasteiger partial charge is 0.342 e. The van der Waals surface area contributed by atoms with Crippen molar-refractivity contribution in [3.05, 3.63) is 34.3 Å². The number of aromatic nitrogens is 3. The van der Waals surface area contributed by atoms with Crippen LogP contribution in [0.2, 0.25) is 0 Å². The van der Waals surface area contributed by atoms with E-state index in [1.807, 2.05) is 24.3 Å². The third-order valence-corrected chi connectivity index (χ3v) is 4.76. The Labute approximate surface area is 138 Å². The Hall–Kier alpha value is -1.67. The van der Waals surface area contributed by atoms with Crippen LogP contribution in [0.15, 0.2) is 17.8 Å². The molecule has 8 heteroatoms. The fraction of sp³-hybridized carbons (Fsp3) is 0.533. The maximum Gasteiger partial charge on any atom is 0.225 e. The molecule has 0 unspecified atom stereocenters. The van der Waals surface area contributed by atoms with Crippen molar-refractivity contribution in [2.45, 2.75) is 32.1 Å². The summed E-state index contributed by atoms with van der Waals surface area (Å²) in [5.41, 5.74) is 0.979. The Bertz CT molecular complexity index is 648. The van der Waals surface area contributed by atoms with E-state index in [0.717, 1.165) is 23.1 Å². The van der Waals surface area contributed by atoms with Gasteiger partial charge in [-0.3, -0.25) is 4.90 Å². The summed E-state index contributed by atoms with van der Waals surface area (Å²) in [6.07, 6.45) is 1.93. The van der Waals surface area contributed by atoms with Crippen molar-refractivity contribution < 1.29 is 8.78 Å². The Balaban J connectivity index is 1.65. The molecule has 2 aromatic heterocycles. The van der Waals surface area contributed by atoms with E-state index in [4.69, 9.17) is 0 Å². The normalized spacial score (nSPS) is 21.7. The van der Waals surface area contributed by atoms with Crippen LogP contribution in [-0.4, -0.2) is 52.2 Å². The fourth-order valence-corrected chi connectivity index (χ4v) is 3.50. The summed E-state index contributed by atoms with van der Waals surface area (Å²) in [4.78, 5) is 16.3. The van der Waals surface area contributed by atoms with E-state index >= 15 is 0 Å². The molecule has 23 heavy (non-hydrogen) atoms. The quantitative estimate of drug-likeness (QED) is 0.837. The Kier molecular flexibility index (Phi) is 4.82. The average Bonchev–Trinajstić information content (AvgIpc) is 3.06. The number of nitrogens with zero attached hydrogens (tertiary/aromatic N) is 5. The molecule has 2 atom stereocenters. The summed E-state index contributed by atoms with van der Waals surface area (Å²) < 4.78 is 26.8. The highest BCUT2D eigenvalue weighted by Gasteiger charge is 2.33. The van der Waals surface area contributed by atoms with Crippen LogP contribution in [0.5, 0.6) is 0 Å². The van der Waals surface area contributed by atoms with Gasteiger partial charge in [0.2, 0.25) is 5.95 Å². The number of likely N-dealkylation sites (tertiary alicyclic amines) is 1. The number of alkyl halides is 1. The van der Waals surface area contributed by atoms with Gasteiger partial charge >= 0.3 is 0 Å². The highest BCUT2D eigenvalue weighted by molar-refractivity contribution is 7.09. The summed E-state index contributed by atoms with van der Waals surface area (Å²) in [7, 11) is 1.84. The van der Waals surface area contributed by atoms with Crippen molar-refractivity contribution in [2.75, 3.05) is 25.0 Å². The zero-order chi connectivity index (χ0) is 16.4. The number of hydrogen-bond acceptors (Lipinski definition) is 6. The molecule has 0 radical (unpaired) electrons. The van der Waals surface area contributed by atoms with Crippen LogP contribution in [0, 0.1) is 12.7 Å². The summed E-state index contributed by atoms with van der Waals surface area (Å²) in [5.74, 6) is -0.0227. The van der Waals surface area contributed by atoms with Gasteiger partial charge in [-0.15, -0.1) is 11.3 Å². The topological polar surface area (TPSA) is 45.2 Å². The molecule has 0 N–H and O–H groups in total. The lowest BCUT2D eigenvalue weighted by molar-refractivity contribution is 0.235. The molecule has 0 aromatic carbocycles. The molecular formula is C15H19F2N5S. The number of aryl methyl sites for hydroxylation is 1. The van der Waals surface area contributed by atoms with Crippen molar-refractivity contribution in [2.24, 2.45) is 0 Å². The van der Waals surface area contributed by atoms with Crippen molar-refractivity contribution in [3.63, 3.8) is 0 Å². The Morgan fingerprint density at radius 1 is 1.39 bits per heavy atom. The zero-order valence-corrected chi connectivity index (χ0v) is 13.9. The molecule has 0 aliphatic carbocycles. The van der Waals surface area contributed by atoms with Gasteiger partial charge in [-0.1, -0.05) is 0 Å². The van der Waals surface area contributed by atoms with Gasteiger partial charge in [0.1, 0.15) is 6.17 Å². The first-order chi connectivity index (χ1) is 11.0. The van der Waals surface area contributed by atoms with E-state index in [9.17, 15) is 8.78 Å². The third-order valence-electron chi connectivity index (χ3n) is 3.94. The van der Waals surface area contributed by atoms with Gasteiger partial charge in [-0.25, -0.2) is 23.7 Å². The molecule has 2 aromatic rings. The molecule has 0 bridgehead atoms. The first-order valence-corrected chi connectivity index (χ1v) is 8.37. The van der Waals surface area contributed by atoms with Crippen LogP contribution in [0.4, 0.5) is 14.7 Å². The summed E-state index contributed by atoms with van der Waals surface area (Å²) in [5, 5.41) is 3.04. The highest BCUT2D eigenvalue weighted by Crippen LogP contribution is 2.24. The molecule has 3 rings (SSSR count). The summed E-state index contributed by atoms with van der Waals surface area (Å²) >= 11 is 1.60. The number of rotatable bonds is 5. The second kappa shape index (κ2) is 6.84. The van der Waals surface area contributed by atoms with E-state index < -0.39 is 12.0 Å². The molecule has 1 aliphatic rings. The molecule has 1 saturated heterocycles. The van der Waals surface area contributed by atoms with Crippen LogP contribution in [0.1, 0.15) is 17.1 Å². The third kappa shape index (κ3) is 4.00. The molecule has 3 heterocycles. The number of hydrogen-bond donors (Lipinski definition) is 0. The van der Waals surface area contributed by atoms with Crippen LogP contribution in [0.3, 0.4) is 0 Å². The predicted molar refractivity (Wildman–Crippen MR) is 85.8 cm³/mol. The highest BCUT2D eigenvalue weighted by atomic mass is 32.1. The molecule has 0 amide bonds. The monoisotopic (exact) mass is 339 g/mol. The maximum atomic E-state index is 13.9.